The van der Waals surface area contributed by atoms with Crippen LogP contribution in [0.15, 0.2) is 23.1 Å². The molecule has 3 aliphatic rings. The van der Waals surface area contributed by atoms with Gasteiger partial charge in [0.15, 0.2) is 9.84 Å². The number of piperidine rings is 1. The standard InChI is InChI=1S/C20H23ClF2N4O4S/c21-15-9-13(27-7-5-20(22,23)6-8-27)1-2-17(15)32(29,30)14-10-16(25-11-14)18(28)31-26-19(12-24)3-4-19/h1-2,9,14,16,25-26H,3-8,10-11H2/t14?,16-/m0/s1. The molecule has 0 radical (unpaired) electrons. The number of hydrogen-bond acceptors (Lipinski definition) is 8. The van der Waals surface area contributed by atoms with Gasteiger partial charge in [0, 0.05) is 38.2 Å². The van der Waals surface area contributed by atoms with Crippen LogP contribution in [0, 0.1) is 11.3 Å². The molecule has 1 aliphatic carbocycles. The number of benzene rings is 1. The molecule has 1 saturated carbocycles. The Hall–Kier alpha value is -2.00. The van der Waals surface area contributed by atoms with E-state index in [1.165, 1.54) is 12.1 Å². The van der Waals surface area contributed by atoms with Crippen LogP contribution in [0.3, 0.4) is 0 Å². The molecule has 1 aromatic carbocycles. The van der Waals surface area contributed by atoms with Crippen LogP contribution in [0.5, 0.6) is 0 Å². The summed E-state index contributed by atoms with van der Waals surface area (Å²) in [7, 11) is -3.85. The quantitative estimate of drug-likeness (QED) is 0.586. The van der Waals surface area contributed by atoms with Gasteiger partial charge in [-0.1, -0.05) is 11.6 Å². The van der Waals surface area contributed by atoms with Crippen LogP contribution in [-0.2, 0) is 19.5 Å². The Balaban J connectivity index is 1.40. The summed E-state index contributed by atoms with van der Waals surface area (Å²) in [6.07, 6.45) is 0.642. The average molecular weight is 489 g/mol. The normalized spacial score (nSPS) is 26.4. The van der Waals surface area contributed by atoms with Crippen molar-refractivity contribution in [3.05, 3.63) is 23.2 Å². The molecule has 3 fully saturated rings. The van der Waals surface area contributed by atoms with Crippen molar-refractivity contribution in [1.29, 1.82) is 5.26 Å². The van der Waals surface area contributed by atoms with Gasteiger partial charge >= 0.3 is 5.97 Å². The summed E-state index contributed by atoms with van der Waals surface area (Å²) < 4.78 is 53.0. The minimum Gasteiger partial charge on any atom is -0.371 e. The second-order valence-corrected chi connectivity index (χ2v) is 11.1. The van der Waals surface area contributed by atoms with Crippen LogP contribution in [-0.4, -0.2) is 56.8 Å². The van der Waals surface area contributed by atoms with Crippen LogP contribution in [0.4, 0.5) is 14.5 Å². The molecule has 0 amide bonds. The summed E-state index contributed by atoms with van der Waals surface area (Å²) in [6.45, 7) is 0.366. The minimum atomic E-state index is -3.85. The molecule has 8 nitrogen and oxygen atoms in total. The number of alkyl halides is 2. The Morgan fingerprint density at radius 2 is 1.97 bits per heavy atom. The lowest BCUT2D eigenvalue weighted by molar-refractivity contribution is -0.155. The summed E-state index contributed by atoms with van der Waals surface area (Å²) in [6, 6.07) is 5.63. The molecule has 1 aromatic rings. The lowest BCUT2D eigenvalue weighted by Crippen LogP contribution is -2.39. The number of carbonyl (C=O) groups is 1. The lowest BCUT2D eigenvalue weighted by atomic mass is 10.1. The van der Waals surface area contributed by atoms with Crippen molar-refractivity contribution >= 4 is 33.1 Å². The third-order valence-electron chi connectivity index (χ3n) is 6.21. The molecule has 2 saturated heterocycles. The van der Waals surface area contributed by atoms with Crippen LogP contribution >= 0.6 is 11.6 Å². The van der Waals surface area contributed by atoms with Crippen LogP contribution in [0.1, 0.15) is 32.1 Å². The fourth-order valence-electron chi connectivity index (χ4n) is 3.89. The summed E-state index contributed by atoms with van der Waals surface area (Å²) in [5, 5.41) is 11.0. The van der Waals surface area contributed by atoms with Crippen molar-refractivity contribution in [2.24, 2.45) is 0 Å². The maximum Gasteiger partial charge on any atom is 0.341 e. The Morgan fingerprint density at radius 3 is 2.56 bits per heavy atom. The maximum atomic E-state index is 13.4. The second-order valence-electron chi connectivity index (χ2n) is 8.54. The third-order valence-corrected chi connectivity index (χ3v) is 8.84. The highest BCUT2D eigenvalue weighted by Crippen LogP contribution is 2.36. The van der Waals surface area contributed by atoms with E-state index < -0.39 is 38.6 Å². The third kappa shape index (κ3) is 4.69. The molecule has 1 unspecified atom stereocenters. The fraction of sp³-hybridized carbons (Fsp3) is 0.600. The first-order valence-electron chi connectivity index (χ1n) is 10.3. The van der Waals surface area contributed by atoms with Gasteiger partial charge in [-0.05, 0) is 37.5 Å². The van der Waals surface area contributed by atoms with Gasteiger partial charge in [0.25, 0.3) is 5.92 Å². The van der Waals surface area contributed by atoms with Gasteiger partial charge in [0.2, 0.25) is 0 Å². The number of halogens is 3. The minimum absolute atomic E-state index is 0.00167. The van der Waals surface area contributed by atoms with Crippen LogP contribution in [0.25, 0.3) is 0 Å². The number of anilines is 1. The van der Waals surface area contributed by atoms with Crippen molar-refractivity contribution in [3.8, 4) is 6.07 Å². The number of hydroxylamine groups is 1. The predicted molar refractivity (Wildman–Crippen MR) is 112 cm³/mol. The summed E-state index contributed by atoms with van der Waals surface area (Å²) in [4.78, 5) is 18.9. The Bertz CT molecular complexity index is 1050. The molecule has 2 aliphatic heterocycles. The van der Waals surface area contributed by atoms with Crippen molar-refractivity contribution in [2.45, 2.75) is 59.8 Å². The molecule has 12 heteroatoms. The first kappa shape index (κ1) is 23.2. The van der Waals surface area contributed by atoms with Crippen molar-refractivity contribution < 1.29 is 26.8 Å². The van der Waals surface area contributed by atoms with Crippen LogP contribution in [0.2, 0.25) is 5.02 Å². The molecule has 2 atom stereocenters. The van der Waals surface area contributed by atoms with Gasteiger partial charge in [-0.3, -0.25) is 0 Å². The van der Waals surface area contributed by atoms with Gasteiger partial charge in [-0.25, -0.2) is 22.0 Å². The number of hydrogen-bond donors (Lipinski definition) is 2. The molecule has 0 spiro atoms. The van der Waals surface area contributed by atoms with Gasteiger partial charge in [0.05, 0.1) is 21.2 Å². The summed E-state index contributed by atoms with van der Waals surface area (Å²) in [5.74, 6) is -3.35. The predicted octanol–water partition coefficient (Wildman–Crippen LogP) is 2.18. The molecule has 4 rings (SSSR count). The topological polar surface area (TPSA) is 112 Å². The first-order valence-corrected chi connectivity index (χ1v) is 12.3. The molecular formula is C20H23ClF2N4O4S. The number of rotatable bonds is 6. The van der Waals surface area contributed by atoms with Gasteiger partial charge < -0.3 is 15.1 Å². The van der Waals surface area contributed by atoms with Gasteiger partial charge in [-0.2, -0.15) is 5.26 Å². The highest BCUT2D eigenvalue weighted by molar-refractivity contribution is 7.92. The van der Waals surface area contributed by atoms with E-state index in [-0.39, 0.29) is 48.8 Å². The second kappa shape index (κ2) is 8.41. The Labute approximate surface area is 189 Å². The van der Waals surface area contributed by atoms with E-state index in [0.717, 1.165) is 0 Å². The maximum absolute atomic E-state index is 13.4. The fourth-order valence-corrected chi connectivity index (χ4v) is 6.10. The SMILES string of the molecule is N#CC1(NOC(=O)[C@@H]2CC(S(=O)(=O)c3ccc(N4CCC(F)(F)CC4)cc3Cl)CN2)CC1. The van der Waals surface area contributed by atoms with E-state index in [1.807, 2.05) is 6.07 Å². The molecule has 2 heterocycles. The van der Waals surface area contributed by atoms with E-state index in [9.17, 15) is 22.0 Å². The smallest absolute Gasteiger partial charge is 0.341 e. The van der Waals surface area contributed by atoms with Crippen molar-refractivity contribution in [1.82, 2.24) is 10.8 Å². The highest BCUT2D eigenvalue weighted by atomic mass is 35.5. The van der Waals surface area contributed by atoms with Crippen LogP contribution < -0.4 is 15.7 Å². The Morgan fingerprint density at radius 1 is 1.28 bits per heavy atom. The summed E-state index contributed by atoms with van der Waals surface area (Å²) in [5.41, 5.74) is 2.22. The monoisotopic (exact) mass is 488 g/mol. The number of nitriles is 1. The van der Waals surface area contributed by atoms with E-state index in [4.69, 9.17) is 21.7 Å². The van der Waals surface area contributed by atoms with E-state index in [0.29, 0.717) is 18.5 Å². The summed E-state index contributed by atoms with van der Waals surface area (Å²) >= 11 is 6.28. The zero-order valence-electron chi connectivity index (χ0n) is 17.1. The van der Waals surface area contributed by atoms with E-state index >= 15 is 0 Å². The molecule has 174 valence electrons. The number of sulfone groups is 1. The zero-order chi connectivity index (χ0) is 23.1. The number of nitrogens with one attached hydrogen (secondary N) is 2. The lowest BCUT2D eigenvalue weighted by Gasteiger charge is -2.33. The molecule has 2 N–H and O–H groups in total. The number of carbonyl (C=O) groups excluding carboxylic acids is 1. The van der Waals surface area contributed by atoms with E-state index in [1.54, 1.807) is 11.0 Å². The zero-order valence-corrected chi connectivity index (χ0v) is 18.7. The average Bonchev–Trinajstić information content (AvgIpc) is 3.35. The van der Waals surface area contributed by atoms with Crippen molar-refractivity contribution in [3.63, 3.8) is 0 Å². The highest BCUT2D eigenvalue weighted by Gasteiger charge is 2.46. The van der Waals surface area contributed by atoms with Gasteiger partial charge in [0.1, 0.15) is 11.6 Å². The van der Waals surface area contributed by atoms with Crippen molar-refractivity contribution in [2.75, 3.05) is 24.5 Å². The molecule has 0 bridgehead atoms. The Kier molecular flexibility index (Phi) is 6.09. The molecular weight excluding hydrogens is 466 g/mol. The largest absolute Gasteiger partial charge is 0.371 e. The number of nitrogens with zero attached hydrogens (tertiary/aromatic N) is 2. The van der Waals surface area contributed by atoms with E-state index in [2.05, 4.69) is 10.8 Å². The van der Waals surface area contributed by atoms with Gasteiger partial charge in [-0.15, -0.1) is 5.48 Å². The molecule has 0 aromatic heterocycles. The molecule has 32 heavy (non-hydrogen) atoms. The first-order chi connectivity index (χ1) is 15.1.